The Kier molecular flexibility index (Phi) is 6.10. The van der Waals surface area contributed by atoms with Gasteiger partial charge in [0.15, 0.2) is 0 Å². The van der Waals surface area contributed by atoms with E-state index in [9.17, 15) is 28.1 Å². The fourth-order valence-corrected chi connectivity index (χ4v) is 4.80. The van der Waals surface area contributed by atoms with Gasteiger partial charge in [-0.2, -0.15) is 4.31 Å². The second-order valence-corrected chi connectivity index (χ2v) is 8.42. The molecule has 1 aliphatic heterocycles. The van der Waals surface area contributed by atoms with Crippen molar-refractivity contribution < 1.29 is 28.1 Å². The standard InChI is InChI=1S/C18H18N4O7S/c23-17(12-3-7-14(8-4-12)22(26)27)19-13-5-9-15(10-6-13)30(28,29)21-11-1-2-16(21)18(24)20-25/h3-10,16,25H,1-2,11H2,(H,19,23)(H,20,24)/t16-/m1/s1. The average molecular weight is 434 g/mol. The van der Waals surface area contributed by atoms with Crippen molar-refractivity contribution in [2.24, 2.45) is 0 Å². The SMILES string of the molecule is O=C(Nc1ccc(S(=O)(=O)N2CCC[C@@H]2C(=O)NO)cc1)c1ccc([N+](=O)[O-])cc1. The molecule has 3 N–H and O–H groups in total. The summed E-state index contributed by atoms with van der Waals surface area (Å²) < 4.78 is 26.7. The van der Waals surface area contributed by atoms with Crippen LogP contribution in [0.3, 0.4) is 0 Å². The van der Waals surface area contributed by atoms with E-state index in [0.717, 1.165) is 4.31 Å². The zero-order chi connectivity index (χ0) is 21.9. The van der Waals surface area contributed by atoms with E-state index in [1.807, 2.05) is 0 Å². The van der Waals surface area contributed by atoms with E-state index in [1.54, 1.807) is 0 Å². The lowest BCUT2D eigenvalue weighted by Crippen LogP contribution is -2.44. The minimum atomic E-state index is -3.97. The van der Waals surface area contributed by atoms with Gasteiger partial charge in [0.25, 0.3) is 17.5 Å². The van der Waals surface area contributed by atoms with Crippen molar-refractivity contribution >= 4 is 33.2 Å². The molecular weight excluding hydrogens is 416 g/mol. The number of nitrogens with one attached hydrogen (secondary N) is 2. The second kappa shape index (κ2) is 8.57. The van der Waals surface area contributed by atoms with E-state index in [-0.39, 0.29) is 22.7 Å². The summed E-state index contributed by atoms with van der Waals surface area (Å²) in [5, 5.41) is 22.1. The van der Waals surface area contributed by atoms with Crippen LogP contribution in [0.2, 0.25) is 0 Å². The molecule has 0 bridgehead atoms. The zero-order valence-electron chi connectivity index (χ0n) is 15.5. The third-order valence-corrected chi connectivity index (χ3v) is 6.60. The van der Waals surface area contributed by atoms with E-state index in [2.05, 4.69) is 5.32 Å². The fraction of sp³-hybridized carbons (Fsp3) is 0.222. The predicted octanol–water partition coefficient (Wildman–Crippen LogP) is 1.51. The third-order valence-electron chi connectivity index (χ3n) is 4.68. The highest BCUT2D eigenvalue weighted by atomic mass is 32.2. The minimum absolute atomic E-state index is 0.0616. The summed E-state index contributed by atoms with van der Waals surface area (Å²) in [7, 11) is -3.97. The number of hydroxylamine groups is 1. The molecule has 1 aliphatic rings. The predicted molar refractivity (Wildman–Crippen MR) is 104 cm³/mol. The van der Waals surface area contributed by atoms with Crippen molar-refractivity contribution in [1.82, 2.24) is 9.79 Å². The molecule has 1 atom stereocenters. The monoisotopic (exact) mass is 434 g/mol. The number of hydrogen-bond donors (Lipinski definition) is 3. The maximum absolute atomic E-state index is 12.8. The highest BCUT2D eigenvalue weighted by Crippen LogP contribution is 2.27. The lowest BCUT2D eigenvalue weighted by Gasteiger charge is -2.22. The number of amides is 2. The molecule has 2 aromatic rings. The normalized spacial score (nSPS) is 16.8. The topological polar surface area (TPSA) is 159 Å². The van der Waals surface area contributed by atoms with Crippen LogP contribution in [0.4, 0.5) is 11.4 Å². The number of nitro benzene ring substituents is 1. The first kappa shape index (κ1) is 21.4. The van der Waals surface area contributed by atoms with E-state index < -0.39 is 32.8 Å². The molecule has 3 rings (SSSR count). The van der Waals surface area contributed by atoms with Crippen LogP contribution in [0, 0.1) is 10.1 Å². The van der Waals surface area contributed by atoms with Crippen LogP contribution in [0.15, 0.2) is 53.4 Å². The number of sulfonamides is 1. The molecule has 0 spiro atoms. The Bertz CT molecular complexity index is 1070. The van der Waals surface area contributed by atoms with Crippen LogP contribution in [-0.4, -0.2) is 47.3 Å². The van der Waals surface area contributed by atoms with Gasteiger partial charge in [-0.15, -0.1) is 0 Å². The van der Waals surface area contributed by atoms with Crippen molar-refractivity contribution in [1.29, 1.82) is 0 Å². The van der Waals surface area contributed by atoms with Crippen LogP contribution >= 0.6 is 0 Å². The van der Waals surface area contributed by atoms with Crippen molar-refractivity contribution in [2.45, 2.75) is 23.8 Å². The van der Waals surface area contributed by atoms with Gasteiger partial charge in [0.1, 0.15) is 6.04 Å². The van der Waals surface area contributed by atoms with E-state index in [4.69, 9.17) is 5.21 Å². The van der Waals surface area contributed by atoms with E-state index in [1.165, 1.54) is 54.0 Å². The summed E-state index contributed by atoms with van der Waals surface area (Å²) in [5.41, 5.74) is 1.87. The summed E-state index contributed by atoms with van der Waals surface area (Å²) in [4.78, 5) is 34.0. The van der Waals surface area contributed by atoms with E-state index in [0.29, 0.717) is 18.5 Å². The molecule has 0 radical (unpaired) electrons. The van der Waals surface area contributed by atoms with Crippen LogP contribution in [-0.2, 0) is 14.8 Å². The zero-order valence-corrected chi connectivity index (χ0v) is 16.3. The summed E-state index contributed by atoms with van der Waals surface area (Å²) >= 11 is 0. The molecule has 0 unspecified atom stereocenters. The second-order valence-electron chi connectivity index (χ2n) is 6.53. The first-order chi connectivity index (χ1) is 14.2. The highest BCUT2D eigenvalue weighted by Gasteiger charge is 2.39. The van der Waals surface area contributed by atoms with Crippen LogP contribution in [0.5, 0.6) is 0 Å². The Balaban J connectivity index is 1.73. The molecule has 0 aromatic heterocycles. The van der Waals surface area contributed by atoms with Crippen LogP contribution in [0.1, 0.15) is 23.2 Å². The number of anilines is 1. The molecule has 30 heavy (non-hydrogen) atoms. The number of benzene rings is 2. The fourth-order valence-electron chi connectivity index (χ4n) is 3.15. The lowest BCUT2D eigenvalue weighted by atomic mass is 10.2. The first-order valence-corrected chi connectivity index (χ1v) is 10.3. The molecule has 158 valence electrons. The summed E-state index contributed by atoms with van der Waals surface area (Å²) in [5.74, 6) is -1.30. The quantitative estimate of drug-likeness (QED) is 0.353. The van der Waals surface area contributed by atoms with Gasteiger partial charge in [-0.3, -0.25) is 24.9 Å². The molecule has 2 aromatic carbocycles. The van der Waals surface area contributed by atoms with Crippen molar-refractivity contribution in [3.8, 4) is 0 Å². The summed E-state index contributed by atoms with van der Waals surface area (Å²) in [6, 6.07) is 9.44. The average Bonchev–Trinajstić information content (AvgIpc) is 3.24. The van der Waals surface area contributed by atoms with Crippen molar-refractivity contribution in [3.05, 3.63) is 64.2 Å². The molecule has 1 fully saturated rings. The molecule has 2 amide bonds. The molecule has 11 nitrogen and oxygen atoms in total. The van der Waals surface area contributed by atoms with Gasteiger partial charge >= 0.3 is 0 Å². The van der Waals surface area contributed by atoms with Crippen LogP contribution < -0.4 is 10.8 Å². The van der Waals surface area contributed by atoms with Crippen molar-refractivity contribution in [2.75, 3.05) is 11.9 Å². The van der Waals surface area contributed by atoms with Crippen LogP contribution in [0.25, 0.3) is 0 Å². The number of nitrogens with zero attached hydrogens (tertiary/aromatic N) is 2. The van der Waals surface area contributed by atoms with Gasteiger partial charge in [-0.25, -0.2) is 13.9 Å². The highest BCUT2D eigenvalue weighted by molar-refractivity contribution is 7.89. The Morgan fingerprint density at radius 3 is 2.30 bits per heavy atom. The lowest BCUT2D eigenvalue weighted by molar-refractivity contribution is -0.384. The summed E-state index contributed by atoms with van der Waals surface area (Å²) in [6.07, 6.45) is 0.787. The molecular formula is C18H18N4O7S. The molecule has 0 saturated carbocycles. The Hall–Kier alpha value is -3.35. The molecule has 1 heterocycles. The van der Waals surface area contributed by atoms with Crippen molar-refractivity contribution in [3.63, 3.8) is 0 Å². The minimum Gasteiger partial charge on any atom is -0.322 e. The van der Waals surface area contributed by atoms with E-state index >= 15 is 0 Å². The Labute approximate surface area is 171 Å². The number of rotatable bonds is 6. The third kappa shape index (κ3) is 4.30. The number of carbonyl (C=O) groups excluding carboxylic acids is 2. The number of hydrogen-bond acceptors (Lipinski definition) is 7. The van der Waals surface area contributed by atoms with Gasteiger partial charge in [0.2, 0.25) is 10.0 Å². The number of nitro groups is 1. The van der Waals surface area contributed by atoms with Gasteiger partial charge in [-0.05, 0) is 49.2 Å². The smallest absolute Gasteiger partial charge is 0.269 e. The maximum atomic E-state index is 12.8. The summed E-state index contributed by atoms with van der Waals surface area (Å²) in [6.45, 7) is 0.152. The molecule has 1 saturated heterocycles. The Morgan fingerprint density at radius 1 is 1.10 bits per heavy atom. The molecule has 12 heteroatoms. The largest absolute Gasteiger partial charge is 0.322 e. The first-order valence-electron chi connectivity index (χ1n) is 8.85. The Morgan fingerprint density at radius 2 is 1.73 bits per heavy atom. The van der Waals surface area contributed by atoms with Gasteiger partial charge in [-0.1, -0.05) is 0 Å². The number of non-ortho nitro benzene ring substituents is 1. The van der Waals surface area contributed by atoms with Gasteiger partial charge in [0.05, 0.1) is 9.82 Å². The maximum Gasteiger partial charge on any atom is 0.269 e. The molecule has 0 aliphatic carbocycles. The number of carbonyl (C=O) groups is 2. The van der Waals surface area contributed by atoms with Gasteiger partial charge in [0, 0.05) is 29.9 Å². The van der Waals surface area contributed by atoms with Gasteiger partial charge < -0.3 is 5.32 Å².